The number of hydrogen-bond acceptors (Lipinski definition) is 4. The number of aryl methyl sites for hydroxylation is 1. The van der Waals surface area contributed by atoms with Crippen molar-refractivity contribution < 1.29 is 5.11 Å². The van der Waals surface area contributed by atoms with Crippen LogP contribution in [-0.4, -0.2) is 29.1 Å². The standard InChI is InChI=1S/C16H21ClN4OS.HI/c1-3-18-16(21-10-15-19-8-11(2)23-15)20-9-14(22)12-6-4-5-7-13(12)17;/h4-8,14,22H,3,9-10H2,1-2H3,(H2,18,20,21);1H. The lowest BCUT2D eigenvalue weighted by molar-refractivity contribution is 0.181. The van der Waals surface area contributed by atoms with Crippen molar-refractivity contribution in [3.63, 3.8) is 0 Å². The molecule has 0 aliphatic rings. The van der Waals surface area contributed by atoms with Crippen LogP contribution in [0.4, 0.5) is 0 Å². The van der Waals surface area contributed by atoms with Gasteiger partial charge in [0.25, 0.3) is 0 Å². The summed E-state index contributed by atoms with van der Waals surface area (Å²) in [6, 6.07) is 7.28. The van der Waals surface area contributed by atoms with Crippen molar-refractivity contribution in [3.8, 4) is 0 Å². The lowest BCUT2D eigenvalue weighted by Crippen LogP contribution is -2.39. The SMILES string of the molecule is CCNC(=NCc1ncc(C)s1)NCC(O)c1ccccc1Cl.I. The molecule has 5 nitrogen and oxygen atoms in total. The van der Waals surface area contributed by atoms with E-state index >= 15 is 0 Å². The molecule has 0 spiro atoms. The average molecular weight is 481 g/mol. The van der Waals surface area contributed by atoms with Crippen molar-refractivity contribution in [1.29, 1.82) is 0 Å². The highest BCUT2D eigenvalue weighted by Crippen LogP contribution is 2.21. The van der Waals surface area contributed by atoms with Crippen LogP contribution in [0.5, 0.6) is 0 Å². The Balaban J connectivity index is 0.00000288. The van der Waals surface area contributed by atoms with Gasteiger partial charge in [-0.25, -0.2) is 9.98 Å². The first-order valence-corrected chi connectivity index (χ1v) is 8.65. The van der Waals surface area contributed by atoms with Gasteiger partial charge in [0.2, 0.25) is 0 Å². The van der Waals surface area contributed by atoms with Crippen molar-refractivity contribution in [2.75, 3.05) is 13.1 Å². The fourth-order valence-corrected chi connectivity index (χ4v) is 2.98. The molecule has 0 radical (unpaired) electrons. The van der Waals surface area contributed by atoms with Crippen LogP contribution in [0.2, 0.25) is 5.02 Å². The first kappa shape index (κ1) is 21.1. The molecule has 0 amide bonds. The van der Waals surface area contributed by atoms with E-state index in [9.17, 15) is 5.11 Å². The number of rotatable bonds is 6. The molecule has 1 heterocycles. The lowest BCUT2D eigenvalue weighted by atomic mass is 10.1. The topological polar surface area (TPSA) is 69.5 Å². The van der Waals surface area contributed by atoms with E-state index in [0.29, 0.717) is 29.6 Å². The van der Waals surface area contributed by atoms with Crippen molar-refractivity contribution in [2.24, 2.45) is 4.99 Å². The minimum absolute atomic E-state index is 0. The Labute approximate surface area is 168 Å². The largest absolute Gasteiger partial charge is 0.387 e. The van der Waals surface area contributed by atoms with Crippen molar-refractivity contribution in [2.45, 2.75) is 26.5 Å². The quantitative estimate of drug-likeness (QED) is 0.336. The summed E-state index contributed by atoms with van der Waals surface area (Å²) < 4.78 is 0. The molecule has 0 fully saturated rings. The summed E-state index contributed by atoms with van der Waals surface area (Å²) in [5.41, 5.74) is 0.702. The monoisotopic (exact) mass is 480 g/mol. The zero-order valence-corrected chi connectivity index (χ0v) is 17.5. The number of halogens is 2. The molecule has 2 rings (SSSR count). The average Bonchev–Trinajstić information content (AvgIpc) is 2.95. The fourth-order valence-electron chi connectivity index (χ4n) is 2.01. The third-order valence-electron chi connectivity index (χ3n) is 3.11. The number of hydrogen-bond donors (Lipinski definition) is 3. The maximum Gasteiger partial charge on any atom is 0.191 e. The summed E-state index contributed by atoms with van der Waals surface area (Å²) in [7, 11) is 0. The number of aliphatic imine (C=N–C) groups is 1. The molecule has 0 saturated heterocycles. The molecule has 1 unspecified atom stereocenters. The number of nitrogens with one attached hydrogen (secondary N) is 2. The van der Waals surface area contributed by atoms with E-state index in [0.717, 1.165) is 11.6 Å². The number of benzene rings is 1. The van der Waals surface area contributed by atoms with Crippen molar-refractivity contribution in [3.05, 3.63) is 50.9 Å². The first-order valence-electron chi connectivity index (χ1n) is 7.46. The van der Waals surface area contributed by atoms with Gasteiger partial charge in [-0.1, -0.05) is 29.8 Å². The Morgan fingerprint density at radius 1 is 1.38 bits per heavy atom. The summed E-state index contributed by atoms with van der Waals surface area (Å²) in [4.78, 5) is 9.94. The second kappa shape index (κ2) is 10.9. The molecule has 0 saturated carbocycles. The smallest absolute Gasteiger partial charge is 0.191 e. The molecular formula is C16H22ClIN4OS. The van der Waals surface area contributed by atoms with E-state index in [-0.39, 0.29) is 24.0 Å². The maximum atomic E-state index is 10.3. The Kier molecular flexibility index (Phi) is 9.57. The second-order valence-corrected chi connectivity index (χ2v) is 6.70. The Morgan fingerprint density at radius 3 is 2.75 bits per heavy atom. The van der Waals surface area contributed by atoms with E-state index in [1.165, 1.54) is 4.88 Å². The second-order valence-electron chi connectivity index (χ2n) is 4.98. The molecule has 132 valence electrons. The minimum Gasteiger partial charge on any atom is -0.387 e. The molecule has 1 atom stereocenters. The Bertz CT molecular complexity index is 665. The Hall–Kier alpha value is -0.900. The van der Waals surface area contributed by atoms with Gasteiger partial charge < -0.3 is 15.7 Å². The highest BCUT2D eigenvalue weighted by Gasteiger charge is 2.11. The number of aliphatic hydroxyl groups is 1. The molecule has 1 aromatic heterocycles. The number of nitrogens with zero attached hydrogens (tertiary/aromatic N) is 2. The maximum absolute atomic E-state index is 10.3. The molecule has 1 aromatic carbocycles. The summed E-state index contributed by atoms with van der Waals surface area (Å²) in [5.74, 6) is 0.645. The minimum atomic E-state index is -0.699. The van der Waals surface area contributed by atoms with Crippen molar-refractivity contribution in [1.82, 2.24) is 15.6 Å². The third-order valence-corrected chi connectivity index (χ3v) is 4.35. The van der Waals surface area contributed by atoms with Gasteiger partial charge in [0.05, 0.1) is 12.6 Å². The summed E-state index contributed by atoms with van der Waals surface area (Å²) in [6.07, 6.45) is 1.14. The van der Waals surface area contributed by atoms with E-state index < -0.39 is 6.10 Å². The highest BCUT2D eigenvalue weighted by molar-refractivity contribution is 14.0. The molecule has 0 aliphatic heterocycles. The number of guanidine groups is 1. The molecule has 24 heavy (non-hydrogen) atoms. The predicted molar refractivity (Wildman–Crippen MR) is 111 cm³/mol. The van der Waals surface area contributed by atoms with Gasteiger partial charge in [0.1, 0.15) is 5.01 Å². The van der Waals surface area contributed by atoms with Crippen LogP contribution in [0.25, 0.3) is 0 Å². The molecule has 2 aromatic rings. The number of thiazole rings is 1. The molecular weight excluding hydrogens is 459 g/mol. The van der Waals surface area contributed by atoms with Crippen LogP contribution in [0.3, 0.4) is 0 Å². The summed E-state index contributed by atoms with van der Waals surface area (Å²) in [6.45, 7) is 5.59. The van der Waals surface area contributed by atoms with Crippen LogP contribution < -0.4 is 10.6 Å². The Morgan fingerprint density at radius 2 is 2.12 bits per heavy atom. The van der Waals surface area contributed by atoms with Gasteiger partial charge in [-0.2, -0.15) is 0 Å². The number of aliphatic hydroxyl groups excluding tert-OH is 1. The van der Waals surface area contributed by atoms with E-state index in [4.69, 9.17) is 11.6 Å². The molecule has 3 N–H and O–H groups in total. The van der Waals surface area contributed by atoms with Gasteiger partial charge in [0, 0.05) is 34.7 Å². The zero-order chi connectivity index (χ0) is 16.7. The van der Waals surface area contributed by atoms with Crippen LogP contribution in [0.1, 0.15) is 28.5 Å². The van der Waals surface area contributed by atoms with Gasteiger partial charge in [-0.05, 0) is 19.9 Å². The van der Waals surface area contributed by atoms with Gasteiger partial charge >= 0.3 is 0 Å². The van der Waals surface area contributed by atoms with Gasteiger partial charge in [-0.3, -0.25) is 0 Å². The van der Waals surface area contributed by atoms with Gasteiger partial charge in [-0.15, -0.1) is 35.3 Å². The van der Waals surface area contributed by atoms with E-state index in [1.54, 1.807) is 17.4 Å². The highest BCUT2D eigenvalue weighted by atomic mass is 127. The molecule has 0 bridgehead atoms. The van der Waals surface area contributed by atoms with Crippen LogP contribution in [0, 0.1) is 6.92 Å². The summed E-state index contributed by atoms with van der Waals surface area (Å²) >= 11 is 7.73. The fraction of sp³-hybridized carbons (Fsp3) is 0.375. The number of aromatic nitrogens is 1. The van der Waals surface area contributed by atoms with E-state index in [1.807, 2.05) is 38.2 Å². The summed E-state index contributed by atoms with van der Waals surface area (Å²) in [5, 5.41) is 18.1. The van der Waals surface area contributed by atoms with Crippen molar-refractivity contribution >= 4 is 52.9 Å². The first-order chi connectivity index (χ1) is 11.1. The van der Waals surface area contributed by atoms with Crippen LogP contribution >= 0.6 is 46.9 Å². The van der Waals surface area contributed by atoms with Gasteiger partial charge in [0.15, 0.2) is 5.96 Å². The lowest BCUT2D eigenvalue weighted by Gasteiger charge is -2.16. The van der Waals surface area contributed by atoms with Crippen LogP contribution in [0.15, 0.2) is 35.5 Å². The zero-order valence-electron chi connectivity index (χ0n) is 13.6. The predicted octanol–water partition coefficient (Wildman–Crippen LogP) is 3.51. The molecule has 0 aliphatic carbocycles. The molecule has 8 heteroatoms. The van der Waals surface area contributed by atoms with E-state index in [2.05, 4.69) is 20.6 Å². The third kappa shape index (κ3) is 6.54. The normalized spacial score (nSPS) is 12.4. The van der Waals surface area contributed by atoms with Crippen LogP contribution in [-0.2, 0) is 6.54 Å².